The van der Waals surface area contributed by atoms with Crippen molar-refractivity contribution in [3.05, 3.63) is 0 Å². The monoisotopic (exact) mass is 243 g/mol. The Morgan fingerprint density at radius 2 is 1.71 bits per heavy atom. The molecule has 0 rings (SSSR count). The molecular formula is C13H29N3O. The van der Waals surface area contributed by atoms with Crippen molar-refractivity contribution in [3.63, 3.8) is 0 Å². The predicted octanol–water partition coefficient (Wildman–Crippen LogP) is 2.01. The van der Waals surface area contributed by atoms with Gasteiger partial charge in [-0.15, -0.1) is 0 Å². The number of hydrogen-bond acceptors (Lipinski definition) is 2. The van der Waals surface area contributed by atoms with E-state index in [1.54, 1.807) is 14.2 Å². The molecule has 0 radical (unpaired) electrons. The Kier molecular flexibility index (Phi) is 6.53. The maximum atomic E-state index is 5.35. The summed E-state index contributed by atoms with van der Waals surface area (Å²) in [5.41, 5.74) is 0.166. The van der Waals surface area contributed by atoms with E-state index in [9.17, 15) is 0 Å². The molecule has 0 spiro atoms. The van der Waals surface area contributed by atoms with Gasteiger partial charge in [-0.05, 0) is 25.7 Å². The van der Waals surface area contributed by atoms with Crippen molar-refractivity contribution in [2.75, 3.05) is 27.2 Å². The number of nitrogens with one attached hydrogen (secondary N) is 2. The smallest absolute Gasteiger partial charge is 0.191 e. The Labute approximate surface area is 106 Å². The standard InChI is InChI=1S/C13H29N3O/c1-12(2,3)8-9-15-11(14-6)16-10-13(4,5)17-7/h8-10H2,1-7H3,(H2,14,15,16). The molecular weight excluding hydrogens is 214 g/mol. The molecule has 17 heavy (non-hydrogen) atoms. The molecule has 0 aliphatic rings. The molecule has 102 valence electrons. The molecule has 0 aliphatic heterocycles. The number of guanidine groups is 1. The lowest BCUT2D eigenvalue weighted by Crippen LogP contribution is -2.45. The fourth-order valence-corrected chi connectivity index (χ4v) is 1.15. The van der Waals surface area contributed by atoms with Gasteiger partial charge in [-0.25, -0.2) is 0 Å². The summed E-state index contributed by atoms with van der Waals surface area (Å²) in [6, 6.07) is 0. The summed E-state index contributed by atoms with van der Waals surface area (Å²) in [6.07, 6.45) is 1.11. The first-order chi connectivity index (χ1) is 7.70. The molecule has 0 aromatic heterocycles. The Bertz CT molecular complexity index is 242. The van der Waals surface area contributed by atoms with Crippen molar-refractivity contribution < 1.29 is 4.74 Å². The van der Waals surface area contributed by atoms with Gasteiger partial charge in [0.05, 0.1) is 5.60 Å². The van der Waals surface area contributed by atoms with Gasteiger partial charge in [-0.2, -0.15) is 0 Å². The summed E-state index contributed by atoms with van der Waals surface area (Å²) in [5.74, 6) is 0.833. The molecule has 0 heterocycles. The van der Waals surface area contributed by atoms with Gasteiger partial charge < -0.3 is 15.4 Å². The third-order valence-corrected chi connectivity index (χ3v) is 2.63. The minimum Gasteiger partial charge on any atom is -0.377 e. The highest BCUT2D eigenvalue weighted by Gasteiger charge is 2.16. The molecule has 4 heteroatoms. The van der Waals surface area contributed by atoms with Crippen LogP contribution in [-0.4, -0.2) is 38.8 Å². The second kappa shape index (κ2) is 6.84. The van der Waals surface area contributed by atoms with Gasteiger partial charge in [0.2, 0.25) is 0 Å². The zero-order valence-corrected chi connectivity index (χ0v) is 12.5. The van der Waals surface area contributed by atoms with Crippen LogP contribution >= 0.6 is 0 Å². The zero-order valence-electron chi connectivity index (χ0n) is 12.5. The van der Waals surface area contributed by atoms with Crippen LogP contribution in [0.25, 0.3) is 0 Å². The van der Waals surface area contributed by atoms with Crippen LogP contribution in [0.5, 0.6) is 0 Å². The lowest BCUT2D eigenvalue weighted by molar-refractivity contribution is 0.0268. The van der Waals surface area contributed by atoms with Crippen LogP contribution in [0.3, 0.4) is 0 Å². The first-order valence-corrected chi connectivity index (χ1v) is 6.20. The van der Waals surface area contributed by atoms with Crippen molar-refractivity contribution in [2.45, 2.75) is 46.6 Å². The molecule has 0 atom stereocenters. The van der Waals surface area contributed by atoms with Crippen molar-refractivity contribution in [1.82, 2.24) is 10.6 Å². The molecule has 0 aromatic carbocycles. The van der Waals surface area contributed by atoms with Crippen LogP contribution in [0.4, 0.5) is 0 Å². The molecule has 0 saturated heterocycles. The van der Waals surface area contributed by atoms with Gasteiger partial charge in [0.15, 0.2) is 5.96 Å². The fourth-order valence-electron chi connectivity index (χ4n) is 1.15. The van der Waals surface area contributed by atoms with Crippen molar-refractivity contribution in [2.24, 2.45) is 10.4 Å². The summed E-state index contributed by atoms with van der Waals surface area (Å²) in [6.45, 7) is 12.5. The lowest BCUT2D eigenvalue weighted by Gasteiger charge is -2.25. The summed E-state index contributed by atoms with van der Waals surface area (Å²) < 4.78 is 5.35. The average Bonchev–Trinajstić information content (AvgIpc) is 2.21. The number of rotatable bonds is 5. The highest BCUT2D eigenvalue weighted by molar-refractivity contribution is 5.79. The van der Waals surface area contributed by atoms with E-state index in [0.29, 0.717) is 5.41 Å². The molecule has 0 unspecified atom stereocenters. The zero-order chi connectivity index (χ0) is 13.5. The van der Waals surface area contributed by atoms with Gasteiger partial charge in [0.25, 0.3) is 0 Å². The van der Waals surface area contributed by atoms with Crippen LogP contribution in [0, 0.1) is 5.41 Å². The van der Waals surface area contributed by atoms with Gasteiger partial charge in [0.1, 0.15) is 0 Å². The van der Waals surface area contributed by atoms with Gasteiger partial charge in [0, 0.05) is 27.2 Å². The minimum absolute atomic E-state index is 0.179. The second-order valence-corrected chi connectivity index (χ2v) is 6.13. The van der Waals surface area contributed by atoms with Crippen LogP contribution in [0.1, 0.15) is 41.0 Å². The van der Waals surface area contributed by atoms with Gasteiger partial charge in [-0.3, -0.25) is 4.99 Å². The highest BCUT2D eigenvalue weighted by Crippen LogP contribution is 2.16. The molecule has 0 amide bonds. The fraction of sp³-hybridized carbons (Fsp3) is 0.923. The van der Waals surface area contributed by atoms with Crippen molar-refractivity contribution in [1.29, 1.82) is 0 Å². The van der Waals surface area contributed by atoms with E-state index in [-0.39, 0.29) is 5.60 Å². The van der Waals surface area contributed by atoms with E-state index in [1.807, 2.05) is 13.8 Å². The van der Waals surface area contributed by atoms with E-state index in [1.165, 1.54) is 0 Å². The van der Waals surface area contributed by atoms with E-state index in [0.717, 1.165) is 25.5 Å². The Morgan fingerprint density at radius 3 is 2.12 bits per heavy atom. The van der Waals surface area contributed by atoms with Crippen molar-refractivity contribution in [3.8, 4) is 0 Å². The first kappa shape index (κ1) is 16.2. The molecule has 0 fully saturated rings. The molecule has 2 N–H and O–H groups in total. The van der Waals surface area contributed by atoms with Gasteiger partial charge >= 0.3 is 0 Å². The highest BCUT2D eigenvalue weighted by atomic mass is 16.5. The predicted molar refractivity (Wildman–Crippen MR) is 74.5 cm³/mol. The van der Waals surface area contributed by atoms with Crippen LogP contribution < -0.4 is 10.6 Å². The number of aliphatic imine (C=N–C) groups is 1. The molecule has 0 aliphatic carbocycles. The Balaban J connectivity index is 3.95. The SMILES string of the molecule is CN=C(NCCC(C)(C)C)NCC(C)(C)OC. The summed E-state index contributed by atoms with van der Waals surface area (Å²) in [7, 11) is 3.50. The number of methoxy groups -OCH3 is 1. The summed E-state index contributed by atoms with van der Waals surface area (Å²) >= 11 is 0. The number of hydrogen-bond donors (Lipinski definition) is 2. The van der Waals surface area contributed by atoms with Crippen LogP contribution in [-0.2, 0) is 4.74 Å². The van der Waals surface area contributed by atoms with E-state index >= 15 is 0 Å². The molecule has 0 aromatic rings. The normalized spacial score (nSPS) is 13.7. The van der Waals surface area contributed by atoms with E-state index in [2.05, 4.69) is 36.4 Å². The molecule has 0 saturated carbocycles. The largest absolute Gasteiger partial charge is 0.377 e. The minimum atomic E-state index is -0.179. The second-order valence-electron chi connectivity index (χ2n) is 6.13. The first-order valence-electron chi connectivity index (χ1n) is 6.20. The average molecular weight is 243 g/mol. The third kappa shape index (κ3) is 8.98. The molecule has 4 nitrogen and oxygen atoms in total. The summed E-state index contributed by atoms with van der Waals surface area (Å²) in [5, 5.41) is 6.57. The maximum Gasteiger partial charge on any atom is 0.191 e. The van der Waals surface area contributed by atoms with E-state index < -0.39 is 0 Å². The lowest BCUT2D eigenvalue weighted by atomic mass is 9.92. The van der Waals surface area contributed by atoms with Gasteiger partial charge in [-0.1, -0.05) is 20.8 Å². The van der Waals surface area contributed by atoms with Crippen LogP contribution in [0.15, 0.2) is 4.99 Å². The van der Waals surface area contributed by atoms with E-state index in [4.69, 9.17) is 4.74 Å². The number of ether oxygens (including phenoxy) is 1. The number of nitrogens with zero attached hydrogens (tertiary/aromatic N) is 1. The summed E-state index contributed by atoms with van der Waals surface area (Å²) in [4.78, 5) is 4.18. The van der Waals surface area contributed by atoms with Crippen molar-refractivity contribution >= 4 is 5.96 Å². The third-order valence-electron chi connectivity index (χ3n) is 2.63. The quantitative estimate of drug-likeness (QED) is 0.573. The maximum absolute atomic E-state index is 5.35. The Hall–Kier alpha value is -0.770. The molecule has 0 bridgehead atoms. The topological polar surface area (TPSA) is 45.7 Å². The van der Waals surface area contributed by atoms with Crippen LogP contribution in [0.2, 0.25) is 0 Å². The Morgan fingerprint density at radius 1 is 1.12 bits per heavy atom.